The fourth-order valence-electron chi connectivity index (χ4n) is 1.37. The fourth-order valence-corrected chi connectivity index (χ4v) is 3.68. The van der Waals surface area contributed by atoms with Crippen LogP contribution in [0.3, 0.4) is 0 Å². The molecule has 0 rings (SSSR count). The van der Waals surface area contributed by atoms with Crippen LogP contribution in [0.1, 0.15) is 20.3 Å². The van der Waals surface area contributed by atoms with E-state index in [1.54, 1.807) is 0 Å². The van der Waals surface area contributed by atoms with Gasteiger partial charge in [0.15, 0.2) is 0 Å². The Hall–Kier alpha value is -0.613. The van der Waals surface area contributed by atoms with Crippen molar-refractivity contribution >= 4 is 14.3 Å². The van der Waals surface area contributed by atoms with E-state index in [2.05, 4.69) is 19.7 Å². The van der Waals surface area contributed by atoms with Crippen LogP contribution in [0, 0.1) is 0 Å². The van der Waals surface area contributed by atoms with Crippen molar-refractivity contribution in [2.24, 2.45) is 0 Å². The Kier molecular flexibility index (Phi) is 5.72. The molecule has 0 aromatic rings. The van der Waals surface area contributed by atoms with Crippen molar-refractivity contribution < 1.29 is 14.0 Å². The summed E-state index contributed by atoms with van der Waals surface area (Å²) in [5.74, 6) is -0.364. The normalized spacial score (nSPS) is 13.4. The molecule has 0 aliphatic heterocycles. The van der Waals surface area contributed by atoms with E-state index >= 15 is 0 Å². The van der Waals surface area contributed by atoms with E-state index in [1.807, 2.05) is 13.8 Å². The summed E-state index contributed by atoms with van der Waals surface area (Å²) >= 11 is 0. The van der Waals surface area contributed by atoms with Crippen LogP contribution < -0.4 is 0 Å². The highest BCUT2D eigenvalue weighted by Crippen LogP contribution is 2.17. The van der Waals surface area contributed by atoms with Gasteiger partial charge in [0, 0.05) is 12.7 Å². The molecule has 0 aromatic carbocycles. The fraction of sp³-hybridized carbons (Fsp3) is 0.700. The first-order valence-electron chi connectivity index (χ1n) is 4.94. The third kappa shape index (κ3) is 4.06. The monoisotopic (exact) mass is 216 g/mol. The van der Waals surface area contributed by atoms with Gasteiger partial charge in [0.05, 0.1) is 0 Å². The molecule has 0 N–H and O–H groups in total. The van der Waals surface area contributed by atoms with Crippen LogP contribution in [0.25, 0.3) is 0 Å². The molecule has 0 aliphatic carbocycles. The van der Waals surface area contributed by atoms with E-state index in [0.717, 1.165) is 6.42 Å². The Morgan fingerprint density at radius 1 is 1.50 bits per heavy atom. The van der Waals surface area contributed by atoms with Gasteiger partial charge in [-0.25, -0.2) is 4.79 Å². The van der Waals surface area contributed by atoms with Crippen molar-refractivity contribution in [1.29, 1.82) is 0 Å². The lowest BCUT2D eigenvalue weighted by Gasteiger charge is -2.30. The second kappa shape index (κ2) is 5.98. The summed E-state index contributed by atoms with van der Waals surface area (Å²) in [5.41, 5.74) is -0.0899. The minimum atomic E-state index is -1.90. The highest BCUT2D eigenvalue weighted by Gasteiger charge is 2.34. The zero-order chi connectivity index (χ0) is 11.2. The van der Waals surface area contributed by atoms with Gasteiger partial charge >= 0.3 is 5.97 Å². The topological polar surface area (TPSA) is 35.5 Å². The molecular weight excluding hydrogens is 196 g/mol. The molecule has 0 spiro atoms. The molecule has 0 saturated carbocycles. The first-order valence-corrected chi connectivity index (χ1v) is 7.93. The summed E-state index contributed by atoms with van der Waals surface area (Å²) in [6.45, 7) is 12.1. The van der Waals surface area contributed by atoms with Gasteiger partial charge in [0.1, 0.15) is 5.73 Å². The van der Waals surface area contributed by atoms with E-state index in [1.165, 1.54) is 6.08 Å². The molecule has 14 heavy (non-hydrogen) atoms. The molecule has 0 aromatic heterocycles. The summed E-state index contributed by atoms with van der Waals surface area (Å²) in [6.07, 6.45) is 1.98. The van der Waals surface area contributed by atoms with Crippen LogP contribution in [0.5, 0.6) is 0 Å². The number of carbonyl (C=O) groups excluding carboxylic acids is 1. The number of esters is 1. The van der Waals surface area contributed by atoms with Crippen molar-refractivity contribution in [3.05, 3.63) is 12.7 Å². The largest absolute Gasteiger partial charge is 0.460 e. The van der Waals surface area contributed by atoms with Crippen molar-refractivity contribution in [2.45, 2.75) is 39.1 Å². The molecule has 0 saturated heterocycles. The average molecular weight is 216 g/mol. The van der Waals surface area contributed by atoms with E-state index in [0.29, 0.717) is 6.61 Å². The van der Waals surface area contributed by atoms with Gasteiger partial charge in [0.2, 0.25) is 8.32 Å². The number of carbonyl (C=O) groups is 1. The number of ether oxygens (including phenoxy) is 1. The molecule has 1 atom stereocenters. The van der Waals surface area contributed by atoms with Gasteiger partial charge in [-0.15, -0.1) is 0 Å². The lowest BCUT2D eigenvalue weighted by Crippen LogP contribution is -2.47. The van der Waals surface area contributed by atoms with Gasteiger partial charge in [-0.1, -0.05) is 13.5 Å². The predicted octanol–water partition coefficient (Wildman–Crippen LogP) is 2.28. The molecule has 3 nitrogen and oxygen atoms in total. The lowest BCUT2D eigenvalue weighted by atomic mass is 10.5. The highest BCUT2D eigenvalue weighted by atomic mass is 28.4. The first-order chi connectivity index (χ1) is 6.47. The Bertz CT molecular complexity index is 202. The quantitative estimate of drug-likeness (QED) is 0.388. The maximum atomic E-state index is 11.1. The smallest absolute Gasteiger partial charge is 0.330 e. The summed E-state index contributed by atoms with van der Waals surface area (Å²) < 4.78 is 10.9. The van der Waals surface area contributed by atoms with Gasteiger partial charge in [-0.2, -0.15) is 0 Å². The molecule has 0 radical (unpaired) electrons. The maximum Gasteiger partial charge on any atom is 0.330 e. The van der Waals surface area contributed by atoms with Gasteiger partial charge in [0.25, 0.3) is 0 Å². The van der Waals surface area contributed by atoms with Crippen molar-refractivity contribution in [3.63, 3.8) is 0 Å². The second-order valence-electron chi connectivity index (χ2n) is 3.57. The average Bonchev–Trinajstić information content (AvgIpc) is 2.13. The SMILES string of the molecule is C=CC(=O)OC(CC)[Si](C)(C)OCC. The van der Waals surface area contributed by atoms with Crippen LogP contribution in [0.2, 0.25) is 13.1 Å². The molecule has 0 heterocycles. The van der Waals surface area contributed by atoms with Crippen LogP contribution >= 0.6 is 0 Å². The van der Waals surface area contributed by atoms with E-state index in [4.69, 9.17) is 9.16 Å². The molecule has 1 unspecified atom stereocenters. The van der Waals surface area contributed by atoms with Gasteiger partial charge in [-0.05, 0) is 26.4 Å². The third-order valence-corrected chi connectivity index (χ3v) is 5.20. The summed E-state index contributed by atoms with van der Waals surface area (Å²) in [6, 6.07) is 0. The molecule has 0 fully saturated rings. The molecular formula is C10H20O3Si. The van der Waals surface area contributed by atoms with Crippen LogP contribution in [-0.2, 0) is 14.0 Å². The zero-order valence-electron chi connectivity index (χ0n) is 9.50. The van der Waals surface area contributed by atoms with Gasteiger partial charge in [-0.3, -0.25) is 0 Å². The van der Waals surface area contributed by atoms with E-state index < -0.39 is 8.32 Å². The Morgan fingerprint density at radius 2 is 2.07 bits per heavy atom. The standard InChI is InChI=1S/C10H20O3Si/c1-6-9(11)13-10(7-2)14(4,5)12-8-3/h6,10H,1,7-8H2,2-5H3. The van der Waals surface area contributed by atoms with Crippen molar-refractivity contribution in [3.8, 4) is 0 Å². The van der Waals surface area contributed by atoms with Crippen molar-refractivity contribution in [2.75, 3.05) is 6.61 Å². The minimum absolute atomic E-state index is 0.0899. The zero-order valence-corrected chi connectivity index (χ0v) is 10.5. The van der Waals surface area contributed by atoms with Crippen LogP contribution in [-0.4, -0.2) is 26.6 Å². The Morgan fingerprint density at radius 3 is 2.43 bits per heavy atom. The molecule has 0 bridgehead atoms. The minimum Gasteiger partial charge on any atom is -0.460 e. The maximum absolute atomic E-state index is 11.1. The first kappa shape index (κ1) is 13.4. The summed E-state index contributed by atoms with van der Waals surface area (Å²) in [4.78, 5) is 11.1. The lowest BCUT2D eigenvalue weighted by molar-refractivity contribution is -0.140. The molecule has 4 heteroatoms. The Balaban J connectivity index is 4.37. The predicted molar refractivity (Wildman–Crippen MR) is 59.5 cm³/mol. The molecule has 0 amide bonds. The van der Waals surface area contributed by atoms with Gasteiger partial charge < -0.3 is 9.16 Å². The van der Waals surface area contributed by atoms with E-state index in [-0.39, 0.29) is 11.7 Å². The molecule has 82 valence electrons. The van der Waals surface area contributed by atoms with Crippen molar-refractivity contribution in [1.82, 2.24) is 0 Å². The van der Waals surface area contributed by atoms with Crippen LogP contribution in [0.4, 0.5) is 0 Å². The third-order valence-electron chi connectivity index (χ3n) is 2.09. The number of hydrogen-bond donors (Lipinski definition) is 0. The second-order valence-corrected chi connectivity index (χ2v) is 7.71. The summed E-state index contributed by atoms with van der Waals surface area (Å²) in [7, 11) is -1.90. The van der Waals surface area contributed by atoms with Crippen LogP contribution in [0.15, 0.2) is 12.7 Å². The highest BCUT2D eigenvalue weighted by molar-refractivity contribution is 6.72. The number of rotatable bonds is 6. The van der Waals surface area contributed by atoms with E-state index in [9.17, 15) is 4.79 Å². The summed E-state index contributed by atoms with van der Waals surface area (Å²) in [5, 5.41) is 0. The Labute approximate surface area is 87.2 Å². The number of hydrogen-bond acceptors (Lipinski definition) is 3. The molecule has 0 aliphatic rings.